The Bertz CT molecular complexity index is 450. The van der Waals surface area contributed by atoms with Crippen LogP contribution < -0.4 is 16.0 Å². The molecule has 4 N–H and O–H groups in total. The Balaban J connectivity index is 2.75. The highest BCUT2D eigenvalue weighted by molar-refractivity contribution is 7.98. The maximum Gasteiger partial charge on any atom is 0.260 e. The van der Waals surface area contributed by atoms with E-state index in [1.807, 2.05) is 6.26 Å². The summed E-state index contributed by atoms with van der Waals surface area (Å²) in [5, 5.41) is -0.0772. The van der Waals surface area contributed by atoms with E-state index in [-0.39, 0.29) is 10.7 Å². The lowest BCUT2D eigenvalue weighted by atomic mass is 10.4. The molecule has 0 spiro atoms. The van der Waals surface area contributed by atoms with Gasteiger partial charge in [0.05, 0.1) is 5.69 Å². The molecule has 0 fully saturated rings. The first-order valence-corrected chi connectivity index (χ1v) is 7.89. The predicted octanol–water partition coefficient (Wildman–Crippen LogP) is 0.399. The van der Waals surface area contributed by atoms with E-state index < -0.39 is 10.0 Å². The first-order valence-electron chi connectivity index (χ1n) is 5.02. The highest BCUT2D eigenvalue weighted by Crippen LogP contribution is 2.16. The van der Waals surface area contributed by atoms with Gasteiger partial charge in [-0.1, -0.05) is 0 Å². The number of nitrogens with zero attached hydrogens (tertiary/aromatic N) is 1. The Labute approximate surface area is 105 Å². The number of nitrogen functional groups attached to an aromatic ring is 1. The average Bonchev–Trinajstić information content (AvgIpc) is 2.34. The van der Waals surface area contributed by atoms with Crippen molar-refractivity contribution in [1.29, 1.82) is 0 Å². The molecule has 0 amide bonds. The molecule has 0 aliphatic heterocycles. The quantitative estimate of drug-likeness (QED) is 0.379. The summed E-state index contributed by atoms with van der Waals surface area (Å²) in [7, 11) is -3.60. The summed E-state index contributed by atoms with van der Waals surface area (Å²) < 4.78 is 26.3. The number of nitrogens with two attached hydrogens (primary N) is 1. The van der Waals surface area contributed by atoms with E-state index in [2.05, 4.69) is 15.1 Å². The number of nitrogens with one attached hydrogen (secondary N) is 2. The number of sulfonamides is 1. The lowest BCUT2D eigenvalue weighted by Crippen LogP contribution is -2.27. The fourth-order valence-electron chi connectivity index (χ4n) is 1.21. The monoisotopic (exact) mass is 276 g/mol. The molecule has 8 heteroatoms. The number of hydrogen-bond acceptors (Lipinski definition) is 6. The normalized spacial score (nSPS) is 11.4. The van der Waals surface area contributed by atoms with E-state index in [1.165, 1.54) is 6.20 Å². The topological polar surface area (TPSA) is 97.1 Å². The summed E-state index contributed by atoms with van der Waals surface area (Å²) in [6.45, 7) is 0.393. The van der Waals surface area contributed by atoms with Crippen LogP contribution >= 0.6 is 11.8 Å². The van der Waals surface area contributed by atoms with E-state index in [1.54, 1.807) is 23.9 Å². The third-order valence-corrected chi connectivity index (χ3v) is 4.11. The van der Waals surface area contributed by atoms with Crippen LogP contribution in [0, 0.1) is 0 Å². The molecule has 1 heterocycles. The van der Waals surface area contributed by atoms with Crippen LogP contribution in [0.25, 0.3) is 0 Å². The van der Waals surface area contributed by atoms with E-state index in [0.717, 1.165) is 12.2 Å². The molecule has 0 aromatic carbocycles. The molecular weight excluding hydrogens is 260 g/mol. The Morgan fingerprint density at radius 3 is 2.94 bits per heavy atom. The van der Waals surface area contributed by atoms with Gasteiger partial charge in [0.25, 0.3) is 10.0 Å². The van der Waals surface area contributed by atoms with Gasteiger partial charge in [-0.15, -0.1) is 0 Å². The van der Waals surface area contributed by atoms with Gasteiger partial charge >= 0.3 is 0 Å². The summed E-state index contributed by atoms with van der Waals surface area (Å²) in [5.74, 6) is 6.15. The van der Waals surface area contributed by atoms with Gasteiger partial charge in [0.2, 0.25) is 0 Å². The molecule has 0 saturated heterocycles. The van der Waals surface area contributed by atoms with Crippen molar-refractivity contribution < 1.29 is 8.42 Å². The summed E-state index contributed by atoms with van der Waals surface area (Å²) in [6, 6.07) is 3.17. The number of aromatic nitrogens is 1. The highest BCUT2D eigenvalue weighted by Gasteiger charge is 2.18. The van der Waals surface area contributed by atoms with Crippen LogP contribution in [0.15, 0.2) is 23.4 Å². The number of pyridine rings is 1. The van der Waals surface area contributed by atoms with Crippen LogP contribution in [0.5, 0.6) is 0 Å². The van der Waals surface area contributed by atoms with E-state index in [4.69, 9.17) is 5.84 Å². The van der Waals surface area contributed by atoms with Crippen LogP contribution in [-0.2, 0) is 10.0 Å². The molecule has 1 aromatic rings. The van der Waals surface area contributed by atoms with Crippen molar-refractivity contribution in [3.05, 3.63) is 18.3 Å². The number of anilines is 1. The Morgan fingerprint density at radius 1 is 1.53 bits per heavy atom. The largest absolute Gasteiger partial charge is 0.321 e. The molecule has 0 saturated carbocycles. The van der Waals surface area contributed by atoms with Gasteiger partial charge in [0.1, 0.15) is 0 Å². The minimum absolute atomic E-state index is 0.0772. The number of thioether (sulfide) groups is 1. The van der Waals surface area contributed by atoms with Crippen molar-refractivity contribution in [3.63, 3.8) is 0 Å². The van der Waals surface area contributed by atoms with E-state index in [0.29, 0.717) is 6.54 Å². The zero-order valence-corrected chi connectivity index (χ0v) is 11.1. The van der Waals surface area contributed by atoms with Crippen LogP contribution in [0.4, 0.5) is 5.69 Å². The Morgan fingerprint density at radius 2 is 2.29 bits per heavy atom. The maximum atomic E-state index is 11.9. The summed E-state index contributed by atoms with van der Waals surface area (Å²) in [4.78, 5) is 3.82. The van der Waals surface area contributed by atoms with Gasteiger partial charge in [0.15, 0.2) is 5.03 Å². The lowest BCUT2D eigenvalue weighted by molar-refractivity contribution is 0.577. The molecule has 6 nitrogen and oxygen atoms in total. The third-order valence-electron chi connectivity index (χ3n) is 2.00. The van der Waals surface area contributed by atoms with Crippen molar-refractivity contribution in [2.75, 3.05) is 24.0 Å². The first kappa shape index (κ1) is 14.2. The van der Waals surface area contributed by atoms with Crippen molar-refractivity contribution in [2.24, 2.45) is 5.84 Å². The van der Waals surface area contributed by atoms with Gasteiger partial charge in [-0.05, 0) is 30.6 Å². The summed E-state index contributed by atoms with van der Waals surface area (Å²) >= 11 is 1.67. The van der Waals surface area contributed by atoms with Crippen LogP contribution in [0.1, 0.15) is 6.42 Å². The van der Waals surface area contributed by atoms with Crippen LogP contribution in [0.3, 0.4) is 0 Å². The lowest BCUT2D eigenvalue weighted by Gasteiger charge is -2.09. The van der Waals surface area contributed by atoms with E-state index in [9.17, 15) is 8.42 Å². The second-order valence-corrected chi connectivity index (χ2v) is 5.91. The molecule has 1 aromatic heterocycles. The Hall–Kier alpha value is -0.830. The fraction of sp³-hybridized carbons (Fsp3) is 0.444. The zero-order chi connectivity index (χ0) is 12.7. The minimum Gasteiger partial charge on any atom is -0.321 e. The molecule has 17 heavy (non-hydrogen) atoms. The second kappa shape index (κ2) is 6.80. The first-order chi connectivity index (χ1) is 8.11. The molecule has 96 valence electrons. The van der Waals surface area contributed by atoms with Gasteiger partial charge in [-0.3, -0.25) is 5.84 Å². The third kappa shape index (κ3) is 4.15. The van der Waals surface area contributed by atoms with Crippen molar-refractivity contribution in [3.8, 4) is 0 Å². The zero-order valence-electron chi connectivity index (χ0n) is 9.51. The average molecular weight is 276 g/mol. The van der Waals surface area contributed by atoms with Crippen molar-refractivity contribution in [2.45, 2.75) is 11.4 Å². The van der Waals surface area contributed by atoms with Gasteiger partial charge in [0, 0.05) is 12.7 Å². The molecule has 0 atom stereocenters. The maximum absolute atomic E-state index is 11.9. The molecule has 0 aliphatic rings. The van der Waals surface area contributed by atoms with Crippen molar-refractivity contribution >= 4 is 27.5 Å². The van der Waals surface area contributed by atoms with Crippen LogP contribution in [-0.4, -0.2) is 32.0 Å². The molecule has 0 bridgehead atoms. The molecule has 0 radical (unpaired) electrons. The fourth-order valence-corrected chi connectivity index (χ4v) is 2.81. The van der Waals surface area contributed by atoms with Gasteiger partial charge in [-0.2, -0.15) is 11.8 Å². The van der Waals surface area contributed by atoms with Gasteiger partial charge < -0.3 is 5.43 Å². The summed E-state index contributed by atoms with van der Waals surface area (Å²) in [6.07, 6.45) is 4.17. The van der Waals surface area contributed by atoms with Crippen molar-refractivity contribution in [1.82, 2.24) is 9.71 Å². The Kier molecular flexibility index (Phi) is 5.69. The molecule has 1 rings (SSSR count). The number of rotatable bonds is 7. The summed E-state index contributed by atoms with van der Waals surface area (Å²) in [5.41, 5.74) is 2.60. The molecule has 0 aliphatic carbocycles. The standard InChI is InChI=1S/C9H16N4O2S2/c1-16-7-3-6-12-17(14,15)9-8(13-10)4-2-5-11-9/h2,4-5,12-13H,3,6-7,10H2,1H3. The molecule has 0 unspecified atom stereocenters. The van der Waals surface area contributed by atoms with E-state index >= 15 is 0 Å². The molecular formula is C9H16N4O2S2. The number of hydrazine groups is 1. The smallest absolute Gasteiger partial charge is 0.260 e. The van der Waals surface area contributed by atoms with Gasteiger partial charge in [-0.25, -0.2) is 18.1 Å². The number of hydrogen-bond donors (Lipinski definition) is 3. The van der Waals surface area contributed by atoms with Crippen LogP contribution in [0.2, 0.25) is 0 Å². The second-order valence-electron chi connectivity index (χ2n) is 3.24. The predicted molar refractivity (Wildman–Crippen MR) is 70.2 cm³/mol. The highest BCUT2D eigenvalue weighted by atomic mass is 32.2. The minimum atomic E-state index is -3.60. The SMILES string of the molecule is CSCCCNS(=O)(=O)c1ncccc1NN.